The first-order valence-electron chi connectivity index (χ1n) is 5.01. The second kappa shape index (κ2) is 4.33. The number of carboxylic acids is 1. The topological polar surface area (TPSA) is 92.7 Å². The normalized spacial score (nSPS) is 16.2. The molecule has 18 heavy (non-hydrogen) atoms. The Hall–Kier alpha value is -2.63. The summed E-state index contributed by atoms with van der Waals surface area (Å²) >= 11 is 0. The molecule has 2 amide bonds. The maximum Gasteiger partial charge on any atom is 0.335 e. The van der Waals surface area contributed by atoms with Crippen LogP contribution < -0.4 is 5.32 Å². The third kappa shape index (κ3) is 1.84. The lowest BCUT2D eigenvalue weighted by atomic mass is 9.94. The van der Waals surface area contributed by atoms with Gasteiger partial charge in [0.15, 0.2) is 0 Å². The van der Waals surface area contributed by atoms with Crippen LogP contribution in [0.5, 0.6) is 0 Å². The molecule has 92 valence electrons. The number of carbonyl (C=O) groups is 3. The fourth-order valence-electron chi connectivity index (χ4n) is 1.69. The Labute approximate surface area is 102 Å². The number of nitrogens with one attached hydrogen (secondary N) is 1. The molecule has 0 saturated heterocycles. The summed E-state index contributed by atoms with van der Waals surface area (Å²) in [5.41, 5.74) is 0.613. The van der Waals surface area contributed by atoms with Gasteiger partial charge in [-0.15, -0.1) is 0 Å². The highest BCUT2D eigenvalue weighted by atomic mass is 16.5. The lowest BCUT2D eigenvalue weighted by Gasteiger charge is -2.18. The van der Waals surface area contributed by atoms with Gasteiger partial charge in [-0.1, -0.05) is 0 Å². The molecule has 1 aromatic carbocycles. The van der Waals surface area contributed by atoms with Crippen molar-refractivity contribution >= 4 is 23.4 Å². The monoisotopic (exact) mass is 247 g/mol. The van der Waals surface area contributed by atoms with E-state index in [0.717, 1.165) is 0 Å². The van der Waals surface area contributed by atoms with Gasteiger partial charge in [-0.25, -0.2) is 4.79 Å². The molecule has 1 aliphatic rings. The van der Waals surface area contributed by atoms with Crippen molar-refractivity contribution < 1.29 is 24.2 Å². The number of hydrogen-bond acceptors (Lipinski definition) is 4. The Morgan fingerprint density at radius 2 is 2.00 bits per heavy atom. The summed E-state index contributed by atoms with van der Waals surface area (Å²) in [7, 11) is 1.36. The van der Waals surface area contributed by atoms with Gasteiger partial charge in [-0.05, 0) is 18.2 Å². The van der Waals surface area contributed by atoms with Crippen molar-refractivity contribution in [1.29, 1.82) is 0 Å². The lowest BCUT2D eigenvalue weighted by Crippen LogP contribution is -2.36. The van der Waals surface area contributed by atoms with Crippen LogP contribution in [-0.2, 0) is 9.53 Å². The number of rotatable bonds is 2. The van der Waals surface area contributed by atoms with Crippen LogP contribution >= 0.6 is 0 Å². The third-order valence-electron chi connectivity index (χ3n) is 2.51. The number of aromatic carboxylic acids is 1. The molecule has 0 radical (unpaired) electrons. The fourth-order valence-corrected chi connectivity index (χ4v) is 1.69. The molecule has 0 atom stereocenters. The molecule has 0 bridgehead atoms. The first kappa shape index (κ1) is 11.8. The van der Waals surface area contributed by atoms with Crippen molar-refractivity contribution in [1.82, 2.24) is 5.32 Å². The van der Waals surface area contributed by atoms with E-state index < -0.39 is 17.8 Å². The minimum absolute atomic E-state index is 0.00162. The van der Waals surface area contributed by atoms with Gasteiger partial charge in [0, 0.05) is 11.1 Å². The Kier molecular flexibility index (Phi) is 2.85. The first-order chi connectivity index (χ1) is 8.54. The van der Waals surface area contributed by atoms with Crippen molar-refractivity contribution in [2.24, 2.45) is 0 Å². The summed E-state index contributed by atoms with van der Waals surface area (Å²) < 4.78 is 4.76. The van der Waals surface area contributed by atoms with E-state index in [4.69, 9.17) is 9.84 Å². The zero-order valence-corrected chi connectivity index (χ0v) is 9.39. The van der Waals surface area contributed by atoms with Crippen LogP contribution in [0.1, 0.15) is 26.3 Å². The van der Waals surface area contributed by atoms with Crippen molar-refractivity contribution in [3.63, 3.8) is 0 Å². The van der Waals surface area contributed by atoms with Gasteiger partial charge < -0.3 is 9.84 Å². The van der Waals surface area contributed by atoms with E-state index in [1.807, 2.05) is 0 Å². The maximum atomic E-state index is 11.6. The molecule has 1 aliphatic heterocycles. The van der Waals surface area contributed by atoms with Crippen LogP contribution in [0.2, 0.25) is 0 Å². The molecule has 6 heteroatoms. The Balaban J connectivity index is 2.66. The van der Waals surface area contributed by atoms with Crippen LogP contribution in [0.4, 0.5) is 0 Å². The number of amides is 2. The maximum absolute atomic E-state index is 11.6. The summed E-state index contributed by atoms with van der Waals surface area (Å²) in [6.07, 6.45) is 1.17. The van der Waals surface area contributed by atoms with Gasteiger partial charge in [-0.2, -0.15) is 0 Å². The predicted octanol–water partition coefficient (Wildman–Crippen LogP) is 0.642. The number of benzene rings is 1. The highest BCUT2D eigenvalue weighted by Crippen LogP contribution is 2.25. The summed E-state index contributed by atoms with van der Waals surface area (Å²) in [6, 6.07) is 3.95. The van der Waals surface area contributed by atoms with Crippen molar-refractivity contribution in [2.75, 3.05) is 7.11 Å². The molecule has 0 unspecified atom stereocenters. The van der Waals surface area contributed by atoms with E-state index in [-0.39, 0.29) is 22.3 Å². The van der Waals surface area contributed by atoms with E-state index in [1.54, 1.807) is 0 Å². The lowest BCUT2D eigenvalue weighted by molar-refractivity contribution is -0.114. The number of hydrogen-bond donors (Lipinski definition) is 2. The molecule has 6 nitrogen and oxygen atoms in total. The molecular weight excluding hydrogens is 238 g/mol. The van der Waals surface area contributed by atoms with E-state index >= 15 is 0 Å². The second-order valence-corrected chi connectivity index (χ2v) is 3.62. The van der Waals surface area contributed by atoms with Crippen LogP contribution in [0, 0.1) is 0 Å². The quantitative estimate of drug-likeness (QED) is 0.454. The van der Waals surface area contributed by atoms with E-state index in [9.17, 15) is 14.4 Å². The Morgan fingerprint density at radius 1 is 1.28 bits per heavy atom. The zero-order chi connectivity index (χ0) is 13.3. The standard InChI is InChI=1S/C12H9NO5/c1-18-5-9-8-4-6(12(16)17)2-3-7(8)10(14)13-11(9)15/h2-5H,1H3,(H,16,17)(H,13,14,15)/b9-5+. The van der Waals surface area contributed by atoms with Crippen LogP contribution in [0.3, 0.4) is 0 Å². The van der Waals surface area contributed by atoms with Crippen LogP contribution in [0.25, 0.3) is 5.57 Å². The first-order valence-corrected chi connectivity index (χ1v) is 5.01. The van der Waals surface area contributed by atoms with Gasteiger partial charge >= 0.3 is 5.97 Å². The Bertz CT molecular complexity index is 588. The summed E-state index contributed by atoms with van der Waals surface area (Å²) in [5.74, 6) is -2.30. The number of carboxylic acid groups (broad SMARTS) is 1. The van der Waals surface area contributed by atoms with Crippen molar-refractivity contribution in [3.05, 3.63) is 41.2 Å². The van der Waals surface area contributed by atoms with Gasteiger partial charge in [0.25, 0.3) is 11.8 Å². The zero-order valence-electron chi connectivity index (χ0n) is 9.39. The fraction of sp³-hybridized carbons (Fsp3) is 0.0833. The average Bonchev–Trinajstić information content (AvgIpc) is 2.33. The highest BCUT2D eigenvalue weighted by molar-refractivity contribution is 6.31. The van der Waals surface area contributed by atoms with E-state index in [0.29, 0.717) is 0 Å². The molecule has 2 rings (SSSR count). The summed E-state index contributed by atoms with van der Waals surface area (Å²) in [5, 5.41) is 11.0. The average molecular weight is 247 g/mol. The summed E-state index contributed by atoms with van der Waals surface area (Å²) in [6.45, 7) is 0. The Morgan fingerprint density at radius 3 is 2.61 bits per heavy atom. The van der Waals surface area contributed by atoms with Crippen LogP contribution in [0.15, 0.2) is 24.5 Å². The molecule has 1 heterocycles. The second-order valence-electron chi connectivity index (χ2n) is 3.62. The third-order valence-corrected chi connectivity index (χ3v) is 2.51. The number of carbonyl (C=O) groups excluding carboxylic acids is 2. The summed E-state index contributed by atoms with van der Waals surface area (Å²) in [4.78, 5) is 34.1. The number of methoxy groups -OCH3 is 1. The predicted molar refractivity (Wildman–Crippen MR) is 60.9 cm³/mol. The highest BCUT2D eigenvalue weighted by Gasteiger charge is 2.28. The van der Waals surface area contributed by atoms with Crippen molar-refractivity contribution in [3.8, 4) is 0 Å². The largest absolute Gasteiger partial charge is 0.504 e. The van der Waals surface area contributed by atoms with Crippen molar-refractivity contribution in [2.45, 2.75) is 0 Å². The van der Waals surface area contributed by atoms with E-state index in [2.05, 4.69) is 5.32 Å². The molecule has 1 aromatic rings. The molecule has 0 aromatic heterocycles. The molecule has 0 saturated carbocycles. The number of ether oxygens (including phenoxy) is 1. The minimum atomic E-state index is -1.13. The molecule has 0 aliphatic carbocycles. The molecule has 0 spiro atoms. The number of fused-ring (bicyclic) bond motifs is 1. The molecular formula is C12H9NO5. The van der Waals surface area contributed by atoms with E-state index in [1.165, 1.54) is 31.6 Å². The minimum Gasteiger partial charge on any atom is -0.504 e. The van der Waals surface area contributed by atoms with Crippen LogP contribution in [-0.4, -0.2) is 30.0 Å². The smallest absolute Gasteiger partial charge is 0.335 e. The van der Waals surface area contributed by atoms with Gasteiger partial charge in [0.05, 0.1) is 24.5 Å². The molecule has 0 fully saturated rings. The van der Waals surface area contributed by atoms with Gasteiger partial charge in [0.2, 0.25) is 0 Å². The van der Waals surface area contributed by atoms with Gasteiger partial charge in [-0.3, -0.25) is 14.9 Å². The van der Waals surface area contributed by atoms with Gasteiger partial charge in [0.1, 0.15) is 0 Å². The SMILES string of the molecule is CO/C=C1/C(=O)NC(=O)c2ccc(C(=O)O)cc21. The number of imide groups is 1. The molecule has 2 N–H and O–H groups in total.